The summed E-state index contributed by atoms with van der Waals surface area (Å²) in [5.74, 6) is 7.02. The smallest absolute Gasteiger partial charge is 0.163 e. The molecule has 0 unspecified atom stereocenters. The topological polar surface area (TPSA) is 63.8 Å². The average molecular weight is 311 g/mol. The van der Waals surface area contributed by atoms with Crippen LogP contribution in [0.5, 0.6) is 0 Å². The van der Waals surface area contributed by atoms with Crippen molar-refractivity contribution in [3.8, 4) is 11.4 Å². The predicted molar refractivity (Wildman–Crippen MR) is 83.8 cm³/mol. The molecule has 0 aliphatic carbocycles. The maximum atomic E-state index is 6.22. The molecule has 0 bridgehead atoms. The summed E-state index contributed by atoms with van der Waals surface area (Å²) in [4.78, 5) is 8.89. The van der Waals surface area contributed by atoms with Gasteiger partial charge in [-0.2, -0.15) is 0 Å². The molecule has 6 heteroatoms. The highest BCUT2D eigenvalue weighted by molar-refractivity contribution is 6.43. The van der Waals surface area contributed by atoms with Gasteiger partial charge < -0.3 is 5.43 Å². The second-order valence-electron chi connectivity index (χ2n) is 4.91. The van der Waals surface area contributed by atoms with Gasteiger partial charge in [-0.05, 0) is 24.5 Å². The van der Waals surface area contributed by atoms with E-state index in [1.165, 1.54) is 0 Å². The first-order valence-corrected chi connectivity index (χ1v) is 7.05. The number of nitrogens with zero attached hydrogens (tertiary/aromatic N) is 2. The van der Waals surface area contributed by atoms with Crippen molar-refractivity contribution in [1.82, 2.24) is 9.97 Å². The van der Waals surface area contributed by atoms with E-state index in [9.17, 15) is 0 Å². The van der Waals surface area contributed by atoms with Crippen molar-refractivity contribution >= 4 is 29.0 Å². The Balaban J connectivity index is 2.52. The molecular formula is C14H16Cl2N4. The van der Waals surface area contributed by atoms with Crippen molar-refractivity contribution in [1.29, 1.82) is 0 Å². The minimum absolute atomic E-state index is 0.443. The van der Waals surface area contributed by atoms with Gasteiger partial charge in [0, 0.05) is 17.3 Å². The van der Waals surface area contributed by atoms with Gasteiger partial charge in [-0.3, -0.25) is 0 Å². The van der Waals surface area contributed by atoms with E-state index in [1.807, 2.05) is 18.2 Å². The Bertz CT molecular complexity index is 614. The Morgan fingerprint density at radius 2 is 2.00 bits per heavy atom. The van der Waals surface area contributed by atoms with Crippen LogP contribution in [0.4, 0.5) is 5.82 Å². The Morgan fingerprint density at radius 3 is 2.65 bits per heavy atom. The first kappa shape index (κ1) is 15.0. The molecule has 1 aromatic heterocycles. The van der Waals surface area contributed by atoms with E-state index in [4.69, 9.17) is 29.0 Å². The van der Waals surface area contributed by atoms with Crippen LogP contribution < -0.4 is 11.3 Å². The van der Waals surface area contributed by atoms with Crippen molar-refractivity contribution in [3.63, 3.8) is 0 Å². The van der Waals surface area contributed by atoms with Crippen LogP contribution in [-0.4, -0.2) is 9.97 Å². The van der Waals surface area contributed by atoms with E-state index >= 15 is 0 Å². The van der Waals surface area contributed by atoms with Crippen molar-refractivity contribution in [2.45, 2.75) is 20.3 Å². The number of benzene rings is 1. The van der Waals surface area contributed by atoms with Gasteiger partial charge in [-0.1, -0.05) is 43.1 Å². The highest BCUT2D eigenvalue weighted by Crippen LogP contribution is 2.32. The van der Waals surface area contributed by atoms with Gasteiger partial charge in [0.25, 0.3) is 0 Å². The second kappa shape index (κ2) is 6.39. The third-order valence-electron chi connectivity index (χ3n) is 2.74. The highest BCUT2D eigenvalue weighted by Gasteiger charge is 2.12. The Kier molecular flexibility index (Phi) is 4.81. The summed E-state index contributed by atoms with van der Waals surface area (Å²) in [6.45, 7) is 4.26. The average Bonchev–Trinajstić information content (AvgIpc) is 2.40. The van der Waals surface area contributed by atoms with E-state index < -0.39 is 0 Å². The van der Waals surface area contributed by atoms with Crippen molar-refractivity contribution in [3.05, 3.63) is 40.0 Å². The first-order chi connectivity index (χ1) is 9.51. The fourth-order valence-corrected chi connectivity index (χ4v) is 2.28. The van der Waals surface area contributed by atoms with Crippen molar-refractivity contribution in [2.24, 2.45) is 11.8 Å². The van der Waals surface area contributed by atoms with Gasteiger partial charge in [-0.15, -0.1) is 0 Å². The molecule has 0 saturated heterocycles. The normalized spacial score (nSPS) is 10.9. The lowest BCUT2D eigenvalue weighted by Gasteiger charge is -2.10. The van der Waals surface area contributed by atoms with Gasteiger partial charge >= 0.3 is 0 Å². The molecule has 2 aromatic rings. The van der Waals surface area contributed by atoms with Gasteiger partial charge in [0.1, 0.15) is 5.82 Å². The number of nitrogens with one attached hydrogen (secondary N) is 1. The van der Waals surface area contributed by atoms with Gasteiger partial charge in [0.05, 0.1) is 10.0 Å². The fourth-order valence-electron chi connectivity index (χ4n) is 1.89. The lowest BCUT2D eigenvalue weighted by atomic mass is 10.1. The summed E-state index contributed by atoms with van der Waals surface area (Å²) in [6, 6.07) is 7.22. The molecule has 0 saturated carbocycles. The van der Waals surface area contributed by atoms with E-state index in [0.29, 0.717) is 33.2 Å². The quantitative estimate of drug-likeness (QED) is 0.663. The Morgan fingerprint density at radius 1 is 1.25 bits per heavy atom. The van der Waals surface area contributed by atoms with E-state index in [1.54, 1.807) is 6.07 Å². The number of nitrogens with two attached hydrogens (primary N) is 1. The molecule has 0 atom stereocenters. The van der Waals surface area contributed by atoms with Crippen LogP contribution in [0.1, 0.15) is 19.5 Å². The summed E-state index contributed by atoms with van der Waals surface area (Å²) >= 11 is 12.3. The monoisotopic (exact) mass is 310 g/mol. The first-order valence-electron chi connectivity index (χ1n) is 6.30. The molecule has 106 valence electrons. The molecule has 0 aliphatic rings. The SMILES string of the molecule is CC(C)Cc1cc(NN)nc(-c2cccc(Cl)c2Cl)n1. The molecular weight excluding hydrogens is 295 g/mol. The number of rotatable bonds is 4. The maximum Gasteiger partial charge on any atom is 0.163 e. The molecule has 0 amide bonds. The summed E-state index contributed by atoms with van der Waals surface area (Å²) in [7, 11) is 0. The molecule has 0 radical (unpaired) electrons. The molecule has 2 rings (SSSR count). The third-order valence-corrected chi connectivity index (χ3v) is 3.56. The molecule has 20 heavy (non-hydrogen) atoms. The maximum absolute atomic E-state index is 6.22. The van der Waals surface area contributed by atoms with Crippen LogP contribution >= 0.6 is 23.2 Å². The zero-order valence-electron chi connectivity index (χ0n) is 11.3. The molecule has 4 nitrogen and oxygen atoms in total. The number of hydrogen-bond acceptors (Lipinski definition) is 4. The summed E-state index contributed by atoms with van der Waals surface area (Å²) in [5, 5.41) is 0.920. The number of nitrogen functional groups attached to an aromatic ring is 1. The number of aromatic nitrogens is 2. The number of hydrogen-bond donors (Lipinski definition) is 2. The Hall–Kier alpha value is -1.36. The summed E-state index contributed by atoms with van der Waals surface area (Å²) in [6.07, 6.45) is 0.836. The summed E-state index contributed by atoms with van der Waals surface area (Å²) < 4.78 is 0. The predicted octanol–water partition coefficient (Wildman–Crippen LogP) is 3.93. The zero-order chi connectivity index (χ0) is 14.7. The lowest BCUT2D eigenvalue weighted by molar-refractivity contribution is 0.635. The second-order valence-corrected chi connectivity index (χ2v) is 5.70. The Labute approximate surface area is 128 Å². The minimum Gasteiger partial charge on any atom is -0.308 e. The standard InChI is InChI=1S/C14H16Cl2N4/c1-8(2)6-9-7-12(20-17)19-14(18-9)10-4-3-5-11(15)13(10)16/h3-5,7-8H,6,17H2,1-2H3,(H,18,19,20). The molecule has 1 heterocycles. The molecule has 0 spiro atoms. The van der Waals surface area contributed by atoms with Gasteiger partial charge in [-0.25, -0.2) is 15.8 Å². The lowest BCUT2D eigenvalue weighted by Crippen LogP contribution is -2.11. The van der Waals surface area contributed by atoms with Crippen molar-refractivity contribution in [2.75, 3.05) is 5.43 Å². The number of anilines is 1. The van der Waals surface area contributed by atoms with Crippen LogP contribution in [0, 0.1) is 5.92 Å². The number of hydrazine groups is 1. The van der Waals surface area contributed by atoms with E-state index in [2.05, 4.69) is 29.2 Å². The van der Waals surface area contributed by atoms with E-state index in [-0.39, 0.29) is 0 Å². The molecule has 3 N–H and O–H groups in total. The van der Waals surface area contributed by atoms with Crippen LogP contribution in [-0.2, 0) is 6.42 Å². The fraction of sp³-hybridized carbons (Fsp3) is 0.286. The van der Waals surface area contributed by atoms with Gasteiger partial charge in [0.15, 0.2) is 5.82 Å². The highest BCUT2D eigenvalue weighted by atomic mass is 35.5. The van der Waals surface area contributed by atoms with Gasteiger partial charge in [0.2, 0.25) is 0 Å². The molecule has 1 aromatic carbocycles. The zero-order valence-corrected chi connectivity index (χ0v) is 12.8. The van der Waals surface area contributed by atoms with Crippen molar-refractivity contribution < 1.29 is 0 Å². The summed E-state index contributed by atoms with van der Waals surface area (Å²) in [5.41, 5.74) is 4.16. The van der Waals surface area contributed by atoms with Crippen LogP contribution in [0.3, 0.4) is 0 Å². The largest absolute Gasteiger partial charge is 0.308 e. The third kappa shape index (κ3) is 3.39. The van der Waals surface area contributed by atoms with Crippen LogP contribution in [0.25, 0.3) is 11.4 Å². The van der Waals surface area contributed by atoms with E-state index in [0.717, 1.165) is 12.1 Å². The van der Waals surface area contributed by atoms with Crippen LogP contribution in [0.15, 0.2) is 24.3 Å². The molecule has 0 fully saturated rings. The minimum atomic E-state index is 0.443. The van der Waals surface area contributed by atoms with Crippen LogP contribution in [0.2, 0.25) is 10.0 Å². The number of halogens is 2. The molecule has 0 aliphatic heterocycles.